The average molecular weight is 280 g/mol. The van der Waals surface area contributed by atoms with Gasteiger partial charge in [0.05, 0.1) is 11.5 Å². The van der Waals surface area contributed by atoms with Crippen LogP contribution >= 0.6 is 11.3 Å². The lowest BCUT2D eigenvalue weighted by Gasteiger charge is -2.35. The van der Waals surface area contributed by atoms with Gasteiger partial charge in [-0.15, -0.1) is 11.3 Å². The molecule has 1 aliphatic heterocycles. The topological polar surface area (TPSA) is 41.1 Å². The zero-order valence-electron chi connectivity index (χ0n) is 12.0. The van der Waals surface area contributed by atoms with Crippen molar-refractivity contribution in [1.82, 2.24) is 10.6 Å². The highest BCUT2D eigenvalue weighted by atomic mass is 32.1. The second-order valence-electron chi connectivity index (χ2n) is 6.05. The summed E-state index contributed by atoms with van der Waals surface area (Å²) in [5.74, 6) is 0.592. The molecule has 1 aromatic heterocycles. The van der Waals surface area contributed by atoms with E-state index in [1.54, 1.807) is 11.3 Å². The van der Waals surface area contributed by atoms with E-state index in [0.29, 0.717) is 5.92 Å². The van der Waals surface area contributed by atoms with Crippen molar-refractivity contribution in [2.75, 3.05) is 13.1 Å². The monoisotopic (exact) mass is 280 g/mol. The smallest absolute Gasteiger partial charge is 0.227 e. The van der Waals surface area contributed by atoms with Crippen molar-refractivity contribution in [1.29, 1.82) is 0 Å². The summed E-state index contributed by atoms with van der Waals surface area (Å²) in [5.41, 5.74) is -0.261. The first-order valence-electron chi connectivity index (χ1n) is 7.08. The number of carbonyl (C=O) groups excluding carboxylic acids is 1. The van der Waals surface area contributed by atoms with Gasteiger partial charge in [0.1, 0.15) is 0 Å². The standard InChI is InChI=1S/C15H24N2OS/c1-11(2)13(12-6-4-9-19-12)17-14(18)15(3)7-5-8-16-10-15/h4,6,9,11,13,16H,5,7-8,10H2,1-3H3,(H,17,18). The number of hydrogen-bond acceptors (Lipinski definition) is 3. The third kappa shape index (κ3) is 3.37. The van der Waals surface area contributed by atoms with E-state index in [2.05, 4.69) is 42.9 Å². The van der Waals surface area contributed by atoms with Gasteiger partial charge < -0.3 is 10.6 Å². The van der Waals surface area contributed by atoms with Crippen LogP contribution in [-0.4, -0.2) is 19.0 Å². The molecule has 1 saturated heterocycles. The van der Waals surface area contributed by atoms with Crippen LogP contribution in [-0.2, 0) is 4.79 Å². The van der Waals surface area contributed by atoms with E-state index in [1.807, 2.05) is 6.07 Å². The first kappa shape index (κ1) is 14.5. The second-order valence-corrected chi connectivity index (χ2v) is 7.03. The number of hydrogen-bond donors (Lipinski definition) is 2. The summed E-state index contributed by atoms with van der Waals surface area (Å²) < 4.78 is 0. The molecule has 0 spiro atoms. The summed E-state index contributed by atoms with van der Waals surface area (Å²) in [6.45, 7) is 8.20. The van der Waals surface area contributed by atoms with Crippen molar-refractivity contribution in [3.63, 3.8) is 0 Å². The van der Waals surface area contributed by atoms with Gasteiger partial charge in [-0.3, -0.25) is 4.79 Å². The van der Waals surface area contributed by atoms with Crippen LogP contribution in [0.15, 0.2) is 17.5 Å². The summed E-state index contributed by atoms with van der Waals surface area (Å²) >= 11 is 1.72. The Morgan fingerprint density at radius 2 is 2.32 bits per heavy atom. The van der Waals surface area contributed by atoms with Gasteiger partial charge in [-0.25, -0.2) is 0 Å². The van der Waals surface area contributed by atoms with Crippen LogP contribution in [0.3, 0.4) is 0 Å². The predicted molar refractivity (Wildman–Crippen MR) is 80.3 cm³/mol. The molecule has 1 aliphatic rings. The van der Waals surface area contributed by atoms with E-state index in [0.717, 1.165) is 25.9 Å². The molecule has 1 amide bonds. The van der Waals surface area contributed by atoms with Gasteiger partial charge >= 0.3 is 0 Å². The Bertz CT molecular complexity index is 408. The maximum Gasteiger partial charge on any atom is 0.227 e. The van der Waals surface area contributed by atoms with Gasteiger partial charge in [-0.1, -0.05) is 19.9 Å². The molecule has 0 radical (unpaired) electrons. The van der Waals surface area contributed by atoms with Crippen LogP contribution in [0.25, 0.3) is 0 Å². The van der Waals surface area contributed by atoms with E-state index >= 15 is 0 Å². The van der Waals surface area contributed by atoms with Gasteiger partial charge in [0.25, 0.3) is 0 Å². The molecule has 1 aromatic rings. The van der Waals surface area contributed by atoms with E-state index in [1.165, 1.54) is 4.88 Å². The molecule has 2 atom stereocenters. The molecule has 2 N–H and O–H groups in total. The molecule has 106 valence electrons. The Kier molecular flexibility index (Phi) is 4.63. The minimum atomic E-state index is -0.261. The SMILES string of the molecule is CC(C)C(NC(=O)C1(C)CCCNC1)c1cccs1. The van der Waals surface area contributed by atoms with Crippen LogP contribution in [0.2, 0.25) is 0 Å². The predicted octanol–water partition coefficient (Wildman–Crippen LogP) is 2.95. The molecule has 2 rings (SSSR count). The summed E-state index contributed by atoms with van der Waals surface area (Å²) in [7, 11) is 0. The fourth-order valence-electron chi connectivity index (χ4n) is 2.60. The molecular formula is C15H24N2OS. The van der Waals surface area contributed by atoms with Crippen LogP contribution < -0.4 is 10.6 Å². The third-order valence-electron chi connectivity index (χ3n) is 3.95. The largest absolute Gasteiger partial charge is 0.348 e. The molecule has 3 nitrogen and oxygen atoms in total. The summed E-state index contributed by atoms with van der Waals surface area (Å²) in [5, 5.41) is 8.67. The number of amides is 1. The van der Waals surface area contributed by atoms with Crippen molar-refractivity contribution in [2.45, 2.75) is 39.7 Å². The molecule has 4 heteroatoms. The van der Waals surface area contributed by atoms with E-state index in [9.17, 15) is 4.79 Å². The Balaban J connectivity index is 2.07. The lowest BCUT2D eigenvalue weighted by atomic mass is 9.81. The number of rotatable bonds is 4. The summed E-state index contributed by atoms with van der Waals surface area (Å²) in [6.07, 6.45) is 2.05. The third-order valence-corrected chi connectivity index (χ3v) is 4.90. The Labute approximate surface area is 119 Å². The van der Waals surface area contributed by atoms with Crippen LogP contribution in [0.1, 0.15) is 44.5 Å². The number of nitrogens with one attached hydrogen (secondary N) is 2. The Hall–Kier alpha value is -0.870. The highest BCUT2D eigenvalue weighted by Gasteiger charge is 2.36. The lowest BCUT2D eigenvalue weighted by Crippen LogP contribution is -2.49. The zero-order chi connectivity index (χ0) is 13.9. The maximum absolute atomic E-state index is 12.6. The maximum atomic E-state index is 12.6. The van der Waals surface area contributed by atoms with Crippen molar-refractivity contribution >= 4 is 17.2 Å². The minimum absolute atomic E-state index is 0.131. The molecular weight excluding hydrogens is 256 g/mol. The normalized spacial score (nSPS) is 25.3. The molecule has 0 bridgehead atoms. The highest BCUT2D eigenvalue weighted by Crippen LogP contribution is 2.30. The molecule has 19 heavy (non-hydrogen) atoms. The minimum Gasteiger partial charge on any atom is -0.348 e. The van der Waals surface area contributed by atoms with Gasteiger partial charge in [-0.05, 0) is 43.7 Å². The number of thiophene rings is 1. The molecule has 2 heterocycles. The average Bonchev–Trinajstić information content (AvgIpc) is 2.89. The summed E-state index contributed by atoms with van der Waals surface area (Å²) in [4.78, 5) is 13.8. The van der Waals surface area contributed by atoms with Crippen LogP contribution in [0.5, 0.6) is 0 Å². The van der Waals surface area contributed by atoms with E-state index < -0.39 is 0 Å². The fraction of sp³-hybridized carbons (Fsp3) is 0.667. The first-order chi connectivity index (χ1) is 9.03. The van der Waals surface area contributed by atoms with Crippen molar-refractivity contribution in [3.05, 3.63) is 22.4 Å². The van der Waals surface area contributed by atoms with E-state index in [4.69, 9.17) is 0 Å². The fourth-order valence-corrected chi connectivity index (χ4v) is 3.55. The van der Waals surface area contributed by atoms with E-state index in [-0.39, 0.29) is 17.4 Å². The van der Waals surface area contributed by atoms with Crippen molar-refractivity contribution in [3.8, 4) is 0 Å². The van der Waals surface area contributed by atoms with Crippen molar-refractivity contribution < 1.29 is 4.79 Å². The molecule has 0 aliphatic carbocycles. The quantitative estimate of drug-likeness (QED) is 0.890. The Morgan fingerprint density at radius 1 is 1.53 bits per heavy atom. The Morgan fingerprint density at radius 3 is 2.84 bits per heavy atom. The lowest BCUT2D eigenvalue weighted by molar-refractivity contribution is -0.132. The van der Waals surface area contributed by atoms with Crippen LogP contribution in [0, 0.1) is 11.3 Å². The zero-order valence-corrected chi connectivity index (χ0v) is 12.8. The van der Waals surface area contributed by atoms with Crippen LogP contribution in [0.4, 0.5) is 0 Å². The molecule has 1 fully saturated rings. The second kappa shape index (κ2) is 6.06. The van der Waals surface area contributed by atoms with Crippen molar-refractivity contribution in [2.24, 2.45) is 11.3 Å². The van der Waals surface area contributed by atoms with Gasteiger partial charge in [0, 0.05) is 11.4 Å². The molecule has 0 aromatic carbocycles. The molecule has 0 saturated carbocycles. The number of carbonyl (C=O) groups is 1. The van der Waals surface area contributed by atoms with Gasteiger partial charge in [-0.2, -0.15) is 0 Å². The first-order valence-corrected chi connectivity index (χ1v) is 7.96. The van der Waals surface area contributed by atoms with Gasteiger partial charge in [0.2, 0.25) is 5.91 Å². The number of piperidine rings is 1. The van der Waals surface area contributed by atoms with Gasteiger partial charge in [0.15, 0.2) is 0 Å². The molecule has 2 unspecified atom stereocenters. The highest BCUT2D eigenvalue weighted by molar-refractivity contribution is 7.10. The summed E-state index contributed by atoms with van der Waals surface area (Å²) in [6, 6.07) is 4.29.